The van der Waals surface area contributed by atoms with Crippen LogP contribution < -0.4 is 0 Å². The van der Waals surface area contributed by atoms with E-state index in [1.165, 1.54) is 57.8 Å². The topological polar surface area (TPSA) is 237 Å². The molecule has 0 heterocycles. The predicted molar refractivity (Wildman–Crippen MR) is 463 cm³/mol. The van der Waals surface area contributed by atoms with Gasteiger partial charge in [0.25, 0.3) is 0 Å². The highest BCUT2D eigenvalue weighted by Gasteiger charge is 2.30. The molecule has 2 unspecified atom stereocenters. The van der Waals surface area contributed by atoms with Crippen molar-refractivity contribution in [2.45, 2.75) is 316 Å². The smallest absolute Gasteiger partial charge is 0.462 e. The number of hydrogen-bond acceptors (Lipinski definition) is 15. The van der Waals surface area contributed by atoms with Gasteiger partial charge in [-0.1, -0.05) is 298 Å². The van der Waals surface area contributed by atoms with Gasteiger partial charge in [-0.3, -0.25) is 37.3 Å². The lowest BCUT2D eigenvalue weighted by atomic mass is 10.1. The molecule has 17 nitrogen and oxygen atoms in total. The van der Waals surface area contributed by atoms with Gasteiger partial charge in [-0.25, -0.2) is 9.13 Å². The molecule has 632 valence electrons. The fourth-order valence-corrected chi connectivity index (χ4v) is 11.9. The maximum atomic E-state index is 13.1. The number of unbranched alkanes of at least 4 members (excludes halogenated alkanes) is 17. The van der Waals surface area contributed by atoms with E-state index in [1.54, 1.807) is 0 Å². The fourth-order valence-electron chi connectivity index (χ4n) is 10.3. The monoisotopic (exact) mass is 1600 g/mol. The van der Waals surface area contributed by atoms with Gasteiger partial charge in [0, 0.05) is 25.7 Å². The average Bonchev–Trinajstić information content (AvgIpc) is 0.907. The molecule has 0 aliphatic rings. The number of aliphatic hydroxyl groups excluding tert-OH is 1. The maximum Gasteiger partial charge on any atom is 0.472 e. The number of allylic oxidation sites excluding steroid dienone is 34. The van der Waals surface area contributed by atoms with Gasteiger partial charge in [-0.05, 0) is 180 Å². The number of phosphoric ester groups is 2. The van der Waals surface area contributed by atoms with Crippen LogP contribution in [-0.2, 0) is 65.4 Å². The second kappa shape index (κ2) is 82.6. The molecule has 0 aromatic heterocycles. The summed E-state index contributed by atoms with van der Waals surface area (Å²) in [5, 5.41) is 10.7. The second-order valence-electron chi connectivity index (χ2n) is 27.3. The molecular weight excluding hydrogens is 1450 g/mol. The number of esters is 4. The van der Waals surface area contributed by atoms with E-state index >= 15 is 0 Å². The Bertz CT molecular complexity index is 2940. The zero-order chi connectivity index (χ0) is 81.7. The molecule has 3 N–H and O–H groups in total. The van der Waals surface area contributed by atoms with Crippen LogP contribution in [0.5, 0.6) is 0 Å². The van der Waals surface area contributed by atoms with Crippen molar-refractivity contribution in [3.05, 3.63) is 207 Å². The molecule has 5 atom stereocenters. The van der Waals surface area contributed by atoms with Crippen molar-refractivity contribution in [1.82, 2.24) is 0 Å². The van der Waals surface area contributed by atoms with Crippen LogP contribution in [0, 0.1) is 0 Å². The summed E-state index contributed by atoms with van der Waals surface area (Å²) in [7, 11) is -10.0. The summed E-state index contributed by atoms with van der Waals surface area (Å²) in [6.45, 7) is 4.44. The summed E-state index contributed by atoms with van der Waals surface area (Å²) >= 11 is 0. The molecule has 0 saturated heterocycles. The van der Waals surface area contributed by atoms with E-state index in [9.17, 15) is 43.2 Å². The largest absolute Gasteiger partial charge is 0.472 e. The maximum absolute atomic E-state index is 13.1. The molecule has 0 spiro atoms. The Morgan fingerprint density at radius 1 is 0.259 bits per heavy atom. The van der Waals surface area contributed by atoms with E-state index in [2.05, 4.69) is 198 Å². The van der Waals surface area contributed by atoms with Crippen LogP contribution in [0.3, 0.4) is 0 Å². The van der Waals surface area contributed by atoms with Crippen molar-refractivity contribution in [1.29, 1.82) is 0 Å². The summed E-state index contributed by atoms with van der Waals surface area (Å²) in [6, 6.07) is 0. The lowest BCUT2D eigenvalue weighted by Crippen LogP contribution is -2.30. The first-order valence-corrected chi connectivity index (χ1v) is 45.3. The quantitative estimate of drug-likeness (QED) is 0.0169. The van der Waals surface area contributed by atoms with E-state index in [-0.39, 0.29) is 25.7 Å². The SMILES string of the molecule is CC/C=C\C/C=C\C/C=C\C/C=C\C/C=C\CCCCCC(=O)O[C@H](COC(=O)CC/C=C\C/C=C\C/C=C\C/C=C\C/C=C\CCCCC)COP(=O)(O)OC[C@@H](O)COP(=O)(O)OC[C@@H](COC(=O)CCCCCCC/C=C\C/C=C\CCCCC)OC(=O)CC/C=C\C/C=C\C/C=C\C/C=C\C/C=C\CCCCC. The van der Waals surface area contributed by atoms with Crippen LogP contribution in [0.15, 0.2) is 207 Å². The van der Waals surface area contributed by atoms with E-state index in [4.69, 9.17) is 37.0 Å². The lowest BCUT2D eigenvalue weighted by molar-refractivity contribution is -0.161. The Morgan fingerprint density at radius 3 is 0.795 bits per heavy atom. The number of carbonyl (C=O) groups is 4. The van der Waals surface area contributed by atoms with E-state index in [0.29, 0.717) is 38.5 Å². The third-order valence-corrected chi connectivity index (χ3v) is 18.6. The fraction of sp³-hybridized carbons (Fsp3) is 0.591. The zero-order valence-corrected chi connectivity index (χ0v) is 71.0. The summed E-state index contributed by atoms with van der Waals surface area (Å²) in [5.41, 5.74) is 0. The molecule has 0 aromatic carbocycles. The standard InChI is InChI=1S/C93H148O17P2/c1-5-9-13-17-21-25-29-33-37-40-43-46-50-54-58-62-66-70-74-78-91(96)104-84-89(110-93(98)80-76-72-68-64-60-56-52-48-45-42-39-35-31-27-23-19-15-11-7-3)86-108-112(101,102)106-82-87(94)81-105-111(99,100)107-85-88(83-103-90(95)77-73-69-65-61-57-53-49-36-32-28-24-20-16-12-8-4)109-92(97)79-75-71-67-63-59-55-51-47-44-41-38-34-30-26-22-18-14-10-6-2/h11,15,21-28,33-39,43-49,54-56,58-60,66-67,70-71,87-89,94H,5-10,12-14,16-20,29-32,40-42,50-53,57,61-65,68-69,72-86H2,1-4H3,(H,99,100)(H,101,102)/b15-11-,25-21-,26-22-,27-23-,28-24-,37-33-,38-34-,39-35-,46-43-,47-44-,48-45-,49-36-,58-54-,59-55-,60-56-,70-66-,71-67-/t87-,88+,89+/m0/s1. The van der Waals surface area contributed by atoms with Crippen LogP contribution >= 0.6 is 15.6 Å². The number of hydrogen-bond donors (Lipinski definition) is 3. The molecule has 0 rings (SSSR count). The Morgan fingerprint density at radius 2 is 0.482 bits per heavy atom. The van der Waals surface area contributed by atoms with Crippen molar-refractivity contribution >= 4 is 39.5 Å². The molecule has 0 bridgehead atoms. The van der Waals surface area contributed by atoms with Gasteiger partial charge < -0.3 is 33.8 Å². The van der Waals surface area contributed by atoms with Crippen LogP contribution in [0.1, 0.15) is 297 Å². The highest BCUT2D eigenvalue weighted by molar-refractivity contribution is 7.47. The predicted octanol–water partition coefficient (Wildman–Crippen LogP) is 25.4. The number of phosphoric acid groups is 2. The Kier molecular flexibility index (Phi) is 77.9. The van der Waals surface area contributed by atoms with Gasteiger partial charge in [0.1, 0.15) is 19.3 Å². The molecule has 0 amide bonds. The zero-order valence-electron chi connectivity index (χ0n) is 69.3. The highest BCUT2D eigenvalue weighted by atomic mass is 31.2. The van der Waals surface area contributed by atoms with Gasteiger partial charge in [0.05, 0.1) is 26.4 Å². The van der Waals surface area contributed by atoms with Crippen LogP contribution in [-0.4, -0.2) is 96.7 Å². The molecule has 0 radical (unpaired) electrons. The molecule has 0 aromatic rings. The number of carbonyl (C=O) groups excluding carboxylic acids is 4. The number of rotatable bonds is 77. The molecule has 0 aliphatic carbocycles. The summed E-state index contributed by atoms with van der Waals surface area (Å²) < 4.78 is 68.6. The van der Waals surface area contributed by atoms with Crippen molar-refractivity contribution < 1.29 is 80.2 Å². The third-order valence-electron chi connectivity index (χ3n) is 16.7. The number of ether oxygens (including phenoxy) is 4. The van der Waals surface area contributed by atoms with Gasteiger partial charge in [-0.15, -0.1) is 0 Å². The first kappa shape index (κ1) is 106. The third kappa shape index (κ3) is 81.6. The van der Waals surface area contributed by atoms with Crippen molar-refractivity contribution in [3.8, 4) is 0 Å². The minimum Gasteiger partial charge on any atom is -0.462 e. The van der Waals surface area contributed by atoms with Crippen molar-refractivity contribution in [2.75, 3.05) is 39.6 Å². The van der Waals surface area contributed by atoms with Crippen molar-refractivity contribution in [2.24, 2.45) is 0 Å². The Labute approximate surface area is 678 Å². The molecule has 0 saturated carbocycles. The summed E-state index contributed by atoms with van der Waals surface area (Å²) in [4.78, 5) is 73.2. The highest BCUT2D eigenvalue weighted by Crippen LogP contribution is 2.45. The Hall–Kier alpha value is -6.36. The molecule has 0 fully saturated rings. The average molecular weight is 1600 g/mol. The Balaban J connectivity index is 5.59. The van der Waals surface area contributed by atoms with E-state index in [0.717, 1.165) is 148 Å². The summed E-state index contributed by atoms with van der Waals surface area (Å²) in [5.74, 6) is -2.44. The minimum absolute atomic E-state index is 0.0196. The van der Waals surface area contributed by atoms with Crippen LogP contribution in [0.2, 0.25) is 0 Å². The van der Waals surface area contributed by atoms with Gasteiger partial charge in [0.2, 0.25) is 0 Å². The summed E-state index contributed by atoms with van der Waals surface area (Å²) in [6.07, 6.45) is 104. The van der Waals surface area contributed by atoms with Gasteiger partial charge in [-0.2, -0.15) is 0 Å². The first-order chi connectivity index (χ1) is 54.7. The number of aliphatic hydroxyl groups is 1. The van der Waals surface area contributed by atoms with Crippen LogP contribution in [0.4, 0.5) is 0 Å². The molecular formula is C93H148O17P2. The normalized spacial score (nSPS) is 14.8. The second-order valence-corrected chi connectivity index (χ2v) is 30.2. The van der Waals surface area contributed by atoms with E-state index in [1.807, 2.05) is 36.5 Å². The molecule has 19 heteroatoms. The van der Waals surface area contributed by atoms with E-state index < -0.39 is 97.5 Å². The molecule has 112 heavy (non-hydrogen) atoms. The lowest BCUT2D eigenvalue weighted by Gasteiger charge is -2.21. The molecule has 0 aliphatic heterocycles. The van der Waals surface area contributed by atoms with Crippen LogP contribution in [0.25, 0.3) is 0 Å². The van der Waals surface area contributed by atoms with Gasteiger partial charge in [0.15, 0.2) is 12.2 Å². The van der Waals surface area contributed by atoms with Gasteiger partial charge >= 0.3 is 39.5 Å². The van der Waals surface area contributed by atoms with Crippen molar-refractivity contribution in [3.63, 3.8) is 0 Å². The minimum atomic E-state index is -5.03. The first-order valence-electron chi connectivity index (χ1n) is 42.3.